The molecule has 2 bridgehead atoms. The number of halogens is 1. The molecule has 2 saturated carbocycles. The van der Waals surface area contributed by atoms with Gasteiger partial charge in [-0.15, -0.1) is 12.4 Å². The summed E-state index contributed by atoms with van der Waals surface area (Å²) in [5, 5.41) is 0. The number of carbonyl (C=O) groups excluding carboxylic acids is 2. The van der Waals surface area contributed by atoms with Crippen LogP contribution >= 0.6 is 12.4 Å². The molecule has 0 saturated heterocycles. The van der Waals surface area contributed by atoms with Crippen LogP contribution in [-0.2, 0) is 9.59 Å². The van der Waals surface area contributed by atoms with E-state index in [-0.39, 0.29) is 36.8 Å². The molecule has 0 aromatic heterocycles. The molecule has 0 spiro atoms. The number of rotatable bonds is 5. The average Bonchev–Trinajstić information content (AvgIpc) is 2.35. The van der Waals surface area contributed by atoms with E-state index in [1.54, 1.807) is 4.90 Å². The van der Waals surface area contributed by atoms with Crippen molar-refractivity contribution in [1.29, 1.82) is 0 Å². The smallest absolute Gasteiger partial charge is 0.237 e. The Hall–Kier alpha value is -0.810. The molecule has 2 unspecified atom stereocenters. The second-order valence-electron chi connectivity index (χ2n) is 7.28. The third kappa shape index (κ3) is 4.59. The summed E-state index contributed by atoms with van der Waals surface area (Å²) in [5.41, 5.74) is 11.6. The number of hydrogen-bond acceptors (Lipinski definition) is 3. The van der Waals surface area contributed by atoms with E-state index < -0.39 is 5.91 Å². The van der Waals surface area contributed by atoms with Gasteiger partial charge in [-0.2, -0.15) is 0 Å². The summed E-state index contributed by atoms with van der Waals surface area (Å²) in [6.45, 7) is 4.73. The summed E-state index contributed by atoms with van der Waals surface area (Å²) in [5.74, 6) is 0.974. The quantitative estimate of drug-likeness (QED) is 0.800. The van der Waals surface area contributed by atoms with Crippen molar-refractivity contribution < 1.29 is 9.59 Å². The van der Waals surface area contributed by atoms with Gasteiger partial charge in [0.25, 0.3) is 0 Å². The van der Waals surface area contributed by atoms with Crippen molar-refractivity contribution in [3.8, 4) is 0 Å². The Balaban J connectivity index is 0.00000242. The fraction of sp³-hybridized carbons (Fsp3) is 0.875. The van der Waals surface area contributed by atoms with E-state index in [9.17, 15) is 9.59 Å². The Labute approximate surface area is 139 Å². The minimum atomic E-state index is -0.434. The van der Waals surface area contributed by atoms with Gasteiger partial charge in [-0.3, -0.25) is 9.59 Å². The number of fused-ring (bicyclic) bond motifs is 2. The molecule has 4 N–H and O–H groups in total. The highest BCUT2D eigenvalue weighted by molar-refractivity contribution is 5.85. The highest BCUT2D eigenvalue weighted by atomic mass is 35.5. The Morgan fingerprint density at radius 1 is 1.18 bits per heavy atom. The summed E-state index contributed by atoms with van der Waals surface area (Å²) in [6, 6.07) is 0.262. The number of primary amides is 1. The Bertz CT molecular complexity index is 389. The maximum Gasteiger partial charge on any atom is 0.237 e. The van der Waals surface area contributed by atoms with Crippen LogP contribution < -0.4 is 11.5 Å². The SMILES string of the molecule is CC(C)CN(CC(N)=O)C(=O)C1CC2CCCC(C1)C2N.Cl. The van der Waals surface area contributed by atoms with Crippen LogP contribution in [-0.4, -0.2) is 35.8 Å². The second-order valence-corrected chi connectivity index (χ2v) is 7.28. The third-order valence-electron chi connectivity index (χ3n) is 5.01. The van der Waals surface area contributed by atoms with Gasteiger partial charge < -0.3 is 16.4 Å². The largest absolute Gasteiger partial charge is 0.368 e. The predicted molar refractivity (Wildman–Crippen MR) is 89.4 cm³/mol. The first-order chi connectivity index (χ1) is 9.88. The first kappa shape index (κ1) is 19.2. The molecule has 2 aliphatic rings. The Morgan fingerprint density at radius 3 is 2.18 bits per heavy atom. The summed E-state index contributed by atoms with van der Waals surface area (Å²) in [7, 11) is 0. The summed E-state index contributed by atoms with van der Waals surface area (Å²) < 4.78 is 0. The molecule has 22 heavy (non-hydrogen) atoms. The van der Waals surface area contributed by atoms with E-state index in [4.69, 9.17) is 11.5 Å². The van der Waals surface area contributed by atoms with Gasteiger partial charge in [-0.1, -0.05) is 20.3 Å². The van der Waals surface area contributed by atoms with Crippen LogP contribution in [0.3, 0.4) is 0 Å². The van der Waals surface area contributed by atoms with Crippen LogP contribution in [0.1, 0.15) is 46.0 Å². The van der Waals surface area contributed by atoms with E-state index in [1.165, 1.54) is 6.42 Å². The summed E-state index contributed by atoms with van der Waals surface area (Å²) in [6.07, 6.45) is 5.28. The van der Waals surface area contributed by atoms with Crippen LogP contribution in [0.5, 0.6) is 0 Å². The van der Waals surface area contributed by atoms with Crippen molar-refractivity contribution in [2.24, 2.45) is 35.1 Å². The van der Waals surface area contributed by atoms with Gasteiger partial charge in [0.15, 0.2) is 0 Å². The van der Waals surface area contributed by atoms with Gasteiger partial charge in [-0.25, -0.2) is 0 Å². The molecule has 2 amide bonds. The van der Waals surface area contributed by atoms with Crippen LogP contribution in [0, 0.1) is 23.7 Å². The molecule has 0 aromatic rings. The van der Waals surface area contributed by atoms with Crippen molar-refractivity contribution >= 4 is 24.2 Å². The standard InChI is InChI=1S/C16H29N3O2.ClH/c1-10(2)8-19(9-14(17)20)16(21)13-6-11-4-3-5-12(7-13)15(11)18;/h10-13,15H,3-9,18H2,1-2H3,(H2,17,20);1H. The van der Waals surface area contributed by atoms with Gasteiger partial charge in [0.1, 0.15) is 0 Å². The van der Waals surface area contributed by atoms with Gasteiger partial charge in [-0.05, 0) is 43.4 Å². The maximum atomic E-state index is 12.8. The monoisotopic (exact) mass is 331 g/mol. The molecule has 2 fully saturated rings. The predicted octanol–water partition coefficient (Wildman–Crippen LogP) is 1.53. The van der Waals surface area contributed by atoms with Crippen molar-refractivity contribution in [2.45, 2.75) is 52.0 Å². The fourth-order valence-corrected chi connectivity index (χ4v) is 4.11. The first-order valence-corrected chi connectivity index (χ1v) is 8.21. The van der Waals surface area contributed by atoms with Crippen LogP contribution in [0.4, 0.5) is 0 Å². The zero-order chi connectivity index (χ0) is 15.6. The molecule has 2 atom stereocenters. The van der Waals surface area contributed by atoms with Crippen LogP contribution in [0.15, 0.2) is 0 Å². The number of nitrogens with two attached hydrogens (primary N) is 2. The third-order valence-corrected chi connectivity index (χ3v) is 5.01. The Kier molecular flexibility index (Phi) is 7.13. The van der Waals surface area contributed by atoms with Gasteiger partial charge in [0, 0.05) is 18.5 Å². The zero-order valence-corrected chi connectivity index (χ0v) is 14.5. The fourth-order valence-electron chi connectivity index (χ4n) is 4.11. The summed E-state index contributed by atoms with van der Waals surface area (Å²) in [4.78, 5) is 25.7. The molecule has 128 valence electrons. The molecule has 0 radical (unpaired) electrons. The molecule has 2 rings (SSSR count). The lowest BCUT2D eigenvalue weighted by molar-refractivity contribution is -0.142. The van der Waals surface area contributed by atoms with Gasteiger partial charge >= 0.3 is 0 Å². The number of amides is 2. The number of hydrogen-bond donors (Lipinski definition) is 2. The zero-order valence-electron chi connectivity index (χ0n) is 13.7. The van der Waals surface area contributed by atoms with Crippen LogP contribution in [0.2, 0.25) is 0 Å². The molecule has 6 heteroatoms. The van der Waals surface area contributed by atoms with E-state index in [0.29, 0.717) is 24.3 Å². The van der Waals surface area contributed by atoms with E-state index in [1.807, 2.05) is 13.8 Å². The van der Waals surface area contributed by atoms with Crippen molar-refractivity contribution in [3.63, 3.8) is 0 Å². The highest BCUT2D eigenvalue weighted by Crippen LogP contribution is 2.42. The van der Waals surface area contributed by atoms with E-state index >= 15 is 0 Å². The minimum absolute atomic E-state index is 0. The van der Waals surface area contributed by atoms with Crippen LogP contribution in [0.25, 0.3) is 0 Å². The van der Waals surface area contributed by atoms with Crippen molar-refractivity contribution in [3.05, 3.63) is 0 Å². The molecule has 0 heterocycles. The molecule has 0 aromatic carbocycles. The highest BCUT2D eigenvalue weighted by Gasteiger charge is 2.41. The van der Waals surface area contributed by atoms with E-state index in [2.05, 4.69) is 0 Å². The van der Waals surface area contributed by atoms with Crippen molar-refractivity contribution in [2.75, 3.05) is 13.1 Å². The lowest BCUT2D eigenvalue weighted by Gasteiger charge is -2.44. The van der Waals surface area contributed by atoms with E-state index in [0.717, 1.165) is 25.7 Å². The molecular weight excluding hydrogens is 302 g/mol. The summed E-state index contributed by atoms with van der Waals surface area (Å²) >= 11 is 0. The van der Waals surface area contributed by atoms with Gasteiger partial charge in [0.05, 0.1) is 6.54 Å². The molecule has 0 aliphatic heterocycles. The number of nitrogens with zero attached hydrogens (tertiary/aromatic N) is 1. The molecular formula is C16H30ClN3O2. The lowest BCUT2D eigenvalue weighted by atomic mass is 9.65. The molecule has 5 nitrogen and oxygen atoms in total. The minimum Gasteiger partial charge on any atom is -0.368 e. The maximum absolute atomic E-state index is 12.8. The number of carbonyl (C=O) groups is 2. The first-order valence-electron chi connectivity index (χ1n) is 8.21. The normalized spacial score (nSPS) is 30.5. The molecule has 2 aliphatic carbocycles. The average molecular weight is 332 g/mol. The van der Waals surface area contributed by atoms with Gasteiger partial charge in [0.2, 0.25) is 11.8 Å². The topological polar surface area (TPSA) is 89.4 Å². The van der Waals surface area contributed by atoms with Crippen molar-refractivity contribution in [1.82, 2.24) is 4.90 Å². The Morgan fingerprint density at radius 2 is 1.73 bits per heavy atom. The second kappa shape index (κ2) is 8.16. The lowest BCUT2D eigenvalue weighted by Crippen LogP contribution is -2.51.